The van der Waals surface area contributed by atoms with E-state index in [0.717, 1.165) is 16.0 Å². The van der Waals surface area contributed by atoms with Gasteiger partial charge in [-0.1, -0.05) is 13.8 Å². The Kier molecular flexibility index (Phi) is 4.15. The third-order valence-corrected chi connectivity index (χ3v) is 5.84. The molecule has 106 valence electrons. The molecule has 2 rings (SSSR count). The number of aryl methyl sites for hydroxylation is 1. The van der Waals surface area contributed by atoms with Crippen LogP contribution in [-0.2, 0) is 9.84 Å². The summed E-state index contributed by atoms with van der Waals surface area (Å²) in [5.74, 6) is 2.13. The molecule has 1 aliphatic heterocycles. The molecule has 1 N–H and O–H groups in total. The van der Waals surface area contributed by atoms with Crippen molar-refractivity contribution in [2.45, 2.75) is 39.2 Å². The molecular weight excluding hydrogens is 330 g/mol. The van der Waals surface area contributed by atoms with E-state index in [-0.39, 0.29) is 23.5 Å². The van der Waals surface area contributed by atoms with Gasteiger partial charge in [-0.3, -0.25) is 0 Å². The standard InChI is InChI=1S/C12H18BrN3O2S/c1-7(2)11-14-8(3)10(13)12(16-11)15-9-4-5-19(17,18)6-9/h7,9H,4-6H2,1-3H3,(H,14,15,16). The Bertz CT molecular complexity index is 587. The highest BCUT2D eigenvalue weighted by atomic mass is 79.9. The minimum atomic E-state index is -2.89. The van der Waals surface area contributed by atoms with Crippen LogP contribution in [0.2, 0.25) is 0 Å². The lowest BCUT2D eigenvalue weighted by atomic mass is 10.2. The van der Waals surface area contributed by atoms with Crippen LogP contribution in [0.1, 0.15) is 37.7 Å². The molecule has 7 heteroatoms. The minimum Gasteiger partial charge on any atom is -0.365 e. The summed E-state index contributed by atoms with van der Waals surface area (Å²) in [7, 11) is -2.89. The van der Waals surface area contributed by atoms with E-state index >= 15 is 0 Å². The van der Waals surface area contributed by atoms with Crippen molar-refractivity contribution < 1.29 is 8.42 Å². The maximum Gasteiger partial charge on any atom is 0.152 e. The summed E-state index contributed by atoms with van der Waals surface area (Å²) >= 11 is 3.46. The summed E-state index contributed by atoms with van der Waals surface area (Å²) in [6.45, 7) is 5.98. The second-order valence-corrected chi connectivity index (χ2v) is 8.25. The predicted molar refractivity (Wildman–Crippen MR) is 79.2 cm³/mol. The molecule has 1 aliphatic rings. The molecule has 0 bridgehead atoms. The van der Waals surface area contributed by atoms with Gasteiger partial charge >= 0.3 is 0 Å². The molecule has 1 fully saturated rings. The quantitative estimate of drug-likeness (QED) is 0.907. The van der Waals surface area contributed by atoms with Crippen LogP contribution in [0.3, 0.4) is 0 Å². The number of nitrogens with one attached hydrogen (secondary N) is 1. The summed E-state index contributed by atoms with van der Waals surface area (Å²) < 4.78 is 23.8. The van der Waals surface area contributed by atoms with Crippen LogP contribution in [0.5, 0.6) is 0 Å². The van der Waals surface area contributed by atoms with Crippen molar-refractivity contribution in [1.82, 2.24) is 9.97 Å². The summed E-state index contributed by atoms with van der Waals surface area (Å²) in [5.41, 5.74) is 0.863. The highest BCUT2D eigenvalue weighted by molar-refractivity contribution is 9.10. The van der Waals surface area contributed by atoms with Gasteiger partial charge in [0, 0.05) is 12.0 Å². The Morgan fingerprint density at radius 1 is 1.37 bits per heavy atom. The van der Waals surface area contributed by atoms with Crippen molar-refractivity contribution in [2.24, 2.45) is 0 Å². The van der Waals surface area contributed by atoms with E-state index in [1.54, 1.807) is 0 Å². The minimum absolute atomic E-state index is 0.0596. The average molecular weight is 348 g/mol. The third-order valence-electron chi connectivity index (χ3n) is 3.12. The van der Waals surface area contributed by atoms with Crippen molar-refractivity contribution >= 4 is 31.6 Å². The van der Waals surface area contributed by atoms with Crippen molar-refractivity contribution in [3.05, 3.63) is 16.0 Å². The first-order chi connectivity index (χ1) is 8.78. The van der Waals surface area contributed by atoms with Crippen molar-refractivity contribution in [1.29, 1.82) is 0 Å². The number of sulfone groups is 1. The zero-order valence-corrected chi connectivity index (χ0v) is 13.7. The maximum absolute atomic E-state index is 11.5. The smallest absolute Gasteiger partial charge is 0.152 e. The second kappa shape index (κ2) is 5.36. The first-order valence-corrected chi connectivity index (χ1v) is 8.91. The predicted octanol–water partition coefficient (Wildman–Crippen LogP) is 2.27. The van der Waals surface area contributed by atoms with Crippen LogP contribution in [-0.4, -0.2) is 35.9 Å². The SMILES string of the molecule is Cc1nc(C(C)C)nc(NC2CCS(=O)(=O)C2)c1Br. The first-order valence-electron chi connectivity index (χ1n) is 6.29. The molecule has 1 unspecified atom stereocenters. The summed E-state index contributed by atoms with van der Waals surface area (Å²) in [4.78, 5) is 8.90. The first kappa shape index (κ1) is 14.7. The highest BCUT2D eigenvalue weighted by Gasteiger charge is 2.28. The van der Waals surface area contributed by atoms with E-state index < -0.39 is 9.84 Å². The lowest BCUT2D eigenvalue weighted by Gasteiger charge is -2.16. The van der Waals surface area contributed by atoms with Crippen molar-refractivity contribution in [2.75, 3.05) is 16.8 Å². The maximum atomic E-state index is 11.5. The molecule has 0 aliphatic carbocycles. The molecule has 0 aromatic carbocycles. The van der Waals surface area contributed by atoms with Gasteiger partial charge in [-0.15, -0.1) is 0 Å². The van der Waals surface area contributed by atoms with E-state index in [2.05, 4.69) is 31.2 Å². The highest BCUT2D eigenvalue weighted by Crippen LogP contribution is 2.27. The number of nitrogens with zero attached hydrogens (tertiary/aromatic N) is 2. The van der Waals surface area contributed by atoms with Gasteiger partial charge in [0.1, 0.15) is 11.6 Å². The lowest BCUT2D eigenvalue weighted by molar-refractivity contribution is 0.602. The number of aromatic nitrogens is 2. The molecule has 1 saturated heterocycles. The van der Waals surface area contributed by atoms with Gasteiger partial charge in [0.05, 0.1) is 21.7 Å². The van der Waals surface area contributed by atoms with E-state index in [0.29, 0.717) is 12.2 Å². The van der Waals surface area contributed by atoms with E-state index in [4.69, 9.17) is 0 Å². The molecule has 2 heterocycles. The van der Waals surface area contributed by atoms with Crippen LogP contribution < -0.4 is 5.32 Å². The Morgan fingerprint density at radius 2 is 2.05 bits per heavy atom. The van der Waals surface area contributed by atoms with Gasteiger partial charge < -0.3 is 5.32 Å². The lowest BCUT2D eigenvalue weighted by Crippen LogP contribution is -2.22. The Hall–Kier alpha value is -0.690. The van der Waals surface area contributed by atoms with Gasteiger partial charge in [-0.05, 0) is 29.3 Å². The van der Waals surface area contributed by atoms with Crippen molar-refractivity contribution in [3.63, 3.8) is 0 Å². The molecule has 19 heavy (non-hydrogen) atoms. The number of hydrogen-bond acceptors (Lipinski definition) is 5. The van der Waals surface area contributed by atoms with Crippen LogP contribution >= 0.6 is 15.9 Å². The third kappa shape index (κ3) is 3.45. The topological polar surface area (TPSA) is 72.0 Å². The number of hydrogen-bond donors (Lipinski definition) is 1. The summed E-state index contributed by atoms with van der Waals surface area (Å²) in [5, 5.41) is 3.22. The molecule has 0 amide bonds. The van der Waals surface area contributed by atoms with Gasteiger partial charge in [-0.25, -0.2) is 18.4 Å². The molecule has 1 aromatic rings. The fourth-order valence-corrected chi connectivity index (χ4v) is 4.00. The van der Waals surface area contributed by atoms with Crippen molar-refractivity contribution in [3.8, 4) is 0 Å². The van der Waals surface area contributed by atoms with Crippen LogP contribution in [0.25, 0.3) is 0 Å². The van der Waals surface area contributed by atoms with Crippen LogP contribution in [0.4, 0.5) is 5.82 Å². The van der Waals surface area contributed by atoms with Gasteiger partial charge in [0.15, 0.2) is 9.84 Å². The monoisotopic (exact) mass is 347 g/mol. The Balaban J connectivity index is 2.25. The van der Waals surface area contributed by atoms with Crippen LogP contribution in [0, 0.1) is 6.92 Å². The number of rotatable bonds is 3. The number of anilines is 1. The molecule has 1 atom stereocenters. The fourth-order valence-electron chi connectivity index (χ4n) is 2.04. The van der Waals surface area contributed by atoms with Gasteiger partial charge in [0.25, 0.3) is 0 Å². The summed E-state index contributed by atoms with van der Waals surface area (Å²) in [6, 6.07) is -0.0596. The number of halogens is 1. The summed E-state index contributed by atoms with van der Waals surface area (Å²) in [6.07, 6.45) is 0.634. The Labute approximate surface area is 122 Å². The normalized spacial score (nSPS) is 21.8. The average Bonchev–Trinajstić information content (AvgIpc) is 2.64. The molecule has 0 spiro atoms. The van der Waals surface area contributed by atoms with Gasteiger partial charge in [-0.2, -0.15) is 0 Å². The molecule has 1 aromatic heterocycles. The second-order valence-electron chi connectivity index (χ2n) is 5.23. The van der Waals surface area contributed by atoms with E-state index in [1.165, 1.54) is 0 Å². The van der Waals surface area contributed by atoms with Gasteiger partial charge in [0.2, 0.25) is 0 Å². The molecule has 0 saturated carbocycles. The Morgan fingerprint density at radius 3 is 2.58 bits per heavy atom. The van der Waals surface area contributed by atoms with Crippen LogP contribution in [0.15, 0.2) is 4.47 Å². The molecule has 0 radical (unpaired) electrons. The van der Waals surface area contributed by atoms with E-state index in [9.17, 15) is 8.42 Å². The largest absolute Gasteiger partial charge is 0.365 e. The molecule has 5 nitrogen and oxygen atoms in total. The van der Waals surface area contributed by atoms with E-state index in [1.807, 2.05) is 20.8 Å². The zero-order valence-electron chi connectivity index (χ0n) is 11.3. The fraction of sp³-hybridized carbons (Fsp3) is 0.667. The molecular formula is C12H18BrN3O2S. The zero-order chi connectivity index (χ0) is 14.2.